The van der Waals surface area contributed by atoms with Crippen molar-refractivity contribution in [2.75, 3.05) is 6.54 Å². The molecule has 102 valence electrons. The Hall–Kier alpha value is -0.960. The van der Waals surface area contributed by atoms with Crippen molar-refractivity contribution in [1.82, 2.24) is 5.32 Å². The minimum atomic E-state index is -0.360. The monoisotopic (exact) mass is 255 g/mol. The lowest BCUT2D eigenvalue weighted by Gasteiger charge is -2.20. The summed E-state index contributed by atoms with van der Waals surface area (Å²) in [4.78, 5) is 0. The van der Waals surface area contributed by atoms with E-state index in [1.54, 1.807) is 0 Å². The van der Waals surface area contributed by atoms with E-state index in [9.17, 15) is 8.78 Å². The predicted molar refractivity (Wildman–Crippen MR) is 71.7 cm³/mol. The topological polar surface area (TPSA) is 12.0 Å². The summed E-state index contributed by atoms with van der Waals surface area (Å²) in [6.45, 7) is 7.37. The third-order valence-electron chi connectivity index (χ3n) is 2.79. The van der Waals surface area contributed by atoms with Crippen LogP contribution in [0.5, 0.6) is 0 Å². The van der Waals surface area contributed by atoms with Crippen LogP contribution in [0.2, 0.25) is 0 Å². The molecule has 1 nitrogen and oxygen atoms in total. The quantitative estimate of drug-likeness (QED) is 0.756. The molecule has 0 amide bonds. The van der Waals surface area contributed by atoms with Gasteiger partial charge in [-0.25, -0.2) is 8.78 Å². The van der Waals surface area contributed by atoms with Gasteiger partial charge in [-0.1, -0.05) is 6.42 Å². The molecule has 0 aliphatic carbocycles. The van der Waals surface area contributed by atoms with Crippen LogP contribution in [0.25, 0.3) is 0 Å². The van der Waals surface area contributed by atoms with Crippen LogP contribution in [-0.2, 0) is 6.42 Å². The number of nitrogens with one attached hydrogen (secondary N) is 1. The molecule has 1 aromatic carbocycles. The highest BCUT2D eigenvalue weighted by atomic mass is 19.1. The summed E-state index contributed by atoms with van der Waals surface area (Å²) in [6, 6.07) is 3.65. The van der Waals surface area contributed by atoms with Crippen LogP contribution in [0.4, 0.5) is 8.78 Å². The molecular formula is C15H23F2N. The van der Waals surface area contributed by atoms with Crippen LogP contribution < -0.4 is 5.32 Å². The molecular weight excluding hydrogens is 232 g/mol. The predicted octanol–water partition coefficient (Wildman–Crippen LogP) is 4.07. The molecule has 1 aromatic rings. The first kappa shape index (κ1) is 15.1. The summed E-state index contributed by atoms with van der Waals surface area (Å²) in [7, 11) is 0. The maximum absolute atomic E-state index is 13.3. The molecule has 0 aliphatic rings. The van der Waals surface area contributed by atoms with Gasteiger partial charge in [-0.15, -0.1) is 0 Å². The lowest BCUT2D eigenvalue weighted by atomic mass is 10.1. The van der Waals surface area contributed by atoms with Gasteiger partial charge < -0.3 is 5.32 Å². The normalized spacial score (nSPS) is 11.8. The Morgan fingerprint density at radius 1 is 1.06 bits per heavy atom. The Labute approximate surface area is 109 Å². The number of unbranched alkanes of at least 4 members (excludes halogenated alkanes) is 2. The fraction of sp³-hybridized carbons (Fsp3) is 0.600. The molecule has 0 radical (unpaired) electrons. The summed E-state index contributed by atoms with van der Waals surface area (Å²) < 4.78 is 26.3. The Balaban J connectivity index is 2.20. The van der Waals surface area contributed by atoms with Crippen molar-refractivity contribution in [3.05, 3.63) is 35.4 Å². The fourth-order valence-corrected chi connectivity index (χ4v) is 1.82. The highest BCUT2D eigenvalue weighted by Gasteiger charge is 2.07. The van der Waals surface area contributed by atoms with Crippen molar-refractivity contribution < 1.29 is 8.78 Å². The molecule has 0 atom stereocenters. The zero-order valence-electron chi connectivity index (χ0n) is 11.5. The van der Waals surface area contributed by atoms with Crippen molar-refractivity contribution in [3.8, 4) is 0 Å². The molecule has 18 heavy (non-hydrogen) atoms. The summed E-state index contributed by atoms with van der Waals surface area (Å²) in [5, 5.41) is 3.41. The second kappa shape index (κ2) is 6.83. The van der Waals surface area contributed by atoms with Crippen LogP contribution in [0, 0.1) is 11.6 Å². The Morgan fingerprint density at radius 2 is 1.78 bits per heavy atom. The summed E-state index contributed by atoms with van der Waals surface area (Å²) in [5.41, 5.74) is 0.632. The van der Waals surface area contributed by atoms with Crippen LogP contribution in [0.15, 0.2) is 18.2 Å². The molecule has 1 rings (SSSR count). The van der Waals surface area contributed by atoms with Crippen molar-refractivity contribution in [2.24, 2.45) is 0 Å². The Kier molecular flexibility index (Phi) is 5.73. The van der Waals surface area contributed by atoms with Crippen molar-refractivity contribution in [2.45, 2.75) is 52.0 Å². The number of aryl methyl sites for hydroxylation is 1. The molecule has 1 N–H and O–H groups in total. The maximum Gasteiger partial charge on any atom is 0.126 e. The van der Waals surface area contributed by atoms with Gasteiger partial charge in [0.15, 0.2) is 0 Å². The van der Waals surface area contributed by atoms with Crippen LogP contribution in [-0.4, -0.2) is 12.1 Å². The van der Waals surface area contributed by atoms with Gasteiger partial charge in [0.1, 0.15) is 11.6 Å². The van der Waals surface area contributed by atoms with Crippen molar-refractivity contribution >= 4 is 0 Å². The molecule has 0 heterocycles. The molecule has 0 unspecified atom stereocenters. The molecule has 0 spiro atoms. The minimum absolute atomic E-state index is 0.147. The highest BCUT2D eigenvalue weighted by molar-refractivity contribution is 5.18. The molecule has 0 aliphatic heterocycles. The maximum atomic E-state index is 13.3. The first-order valence-electron chi connectivity index (χ1n) is 6.57. The minimum Gasteiger partial charge on any atom is -0.312 e. The first-order chi connectivity index (χ1) is 8.38. The number of hydrogen-bond acceptors (Lipinski definition) is 1. The molecule has 3 heteroatoms. The Bertz CT molecular complexity index is 369. The zero-order chi connectivity index (χ0) is 13.6. The average Bonchev–Trinajstić information content (AvgIpc) is 2.26. The lowest BCUT2D eigenvalue weighted by molar-refractivity contribution is 0.417. The third-order valence-corrected chi connectivity index (χ3v) is 2.79. The number of halogens is 2. The number of benzene rings is 1. The number of rotatable bonds is 6. The zero-order valence-corrected chi connectivity index (χ0v) is 11.5. The van der Waals surface area contributed by atoms with Crippen molar-refractivity contribution in [3.63, 3.8) is 0 Å². The van der Waals surface area contributed by atoms with Crippen LogP contribution in [0.3, 0.4) is 0 Å². The molecule has 0 aromatic heterocycles. The van der Waals surface area contributed by atoms with Crippen LogP contribution in [0.1, 0.15) is 45.6 Å². The van der Waals surface area contributed by atoms with Gasteiger partial charge in [0.2, 0.25) is 0 Å². The second-order valence-electron chi connectivity index (χ2n) is 5.72. The van der Waals surface area contributed by atoms with Crippen molar-refractivity contribution in [1.29, 1.82) is 0 Å². The van der Waals surface area contributed by atoms with Gasteiger partial charge in [0.05, 0.1) is 0 Å². The summed E-state index contributed by atoms with van der Waals surface area (Å²) in [5.74, 6) is -0.662. The second-order valence-corrected chi connectivity index (χ2v) is 5.72. The van der Waals surface area contributed by atoms with Gasteiger partial charge in [0.25, 0.3) is 0 Å². The number of hydrogen-bond donors (Lipinski definition) is 1. The smallest absolute Gasteiger partial charge is 0.126 e. The van der Waals surface area contributed by atoms with E-state index in [0.29, 0.717) is 12.0 Å². The first-order valence-corrected chi connectivity index (χ1v) is 6.57. The van der Waals surface area contributed by atoms with E-state index < -0.39 is 0 Å². The largest absolute Gasteiger partial charge is 0.312 e. The summed E-state index contributed by atoms with van der Waals surface area (Å²) >= 11 is 0. The van der Waals surface area contributed by atoms with Gasteiger partial charge >= 0.3 is 0 Å². The standard InChI is InChI=1S/C15H23F2N/c1-15(2,3)18-10-6-4-5-7-12-11-13(16)8-9-14(12)17/h8-9,11,18H,4-7,10H2,1-3H3. The third kappa shape index (κ3) is 6.10. The fourth-order valence-electron chi connectivity index (χ4n) is 1.82. The van der Waals surface area contributed by atoms with E-state index in [2.05, 4.69) is 26.1 Å². The lowest BCUT2D eigenvalue weighted by Crippen LogP contribution is -2.36. The van der Waals surface area contributed by atoms with E-state index in [1.807, 2.05) is 0 Å². The highest BCUT2D eigenvalue weighted by Crippen LogP contribution is 2.13. The summed E-state index contributed by atoms with van der Waals surface area (Å²) in [6.07, 6.45) is 3.60. The Morgan fingerprint density at radius 3 is 2.44 bits per heavy atom. The van der Waals surface area contributed by atoms with Gasteiger partial charge in [-0.05, 0) is 70.3 Å². The van der Waals surface area contributed by atoms with Crippen LogP contribution >= 0.6 is 0 Å². The average molecular weight is 255 g/mol. The van der Waals surface area contributed by atoms with E-state index in [4.69, 9.17) is 0 Å². The molecule has 0 bridgehead atoms. The molecule has 0 saturated heterocycles. The van der Waals surface area contributed by atoms with E-state index >= 15 is 0 Å². The van der Waals surface area contributed by atoms with Gasteiger partial charge in [-0.2, -0.15) is 0 Å². The van der Waals surface area contributed by atoms with E-state index in [-0.39, 0.29) is 17.2 Å². The SMILES string of the molecule is CC(C)(C)NCCCCCc1cc(F)ccc1F. The van der Waals surface area contributed by atoms with Gasteiger partial charge in [-0.3, -0.25) is 0 Å². The van der Waals surface area contributed by atoms with Gasteiger partial charge in [0, 0.05) is 5.54 Å². The molecule has 0 fully saturated rings. The van der Waals surface area contributed by atoms with E-state index in [0.717, 1.165) is 31.9 Å². The molecule has 0 saturated carbocycles. The van der Waals surface area contributed by atoms with E-state index in [1.165, 1.54) is 12.1 Å².